The van der Waals surface area contributed by atoms with Crippen molar-refractivity contribution in [3.63, 3.8) is 0 Å². The van der Waals surface area contributed by atoms with Crippen molar-refractivity contribution >= 4 is 61.6 Å². The van der Waals surface area contributed by atoms with Gasteiger partial charge in [0.1, 0.15) is 35.0 Å². The van der Waals surface area contributed by atoms with Gasteiger partial charge in [-0.2, -0.15) is 9.97 Å². The molecule has 5 unspecified atom stereocenters. The Kier molecular flexibility index (Phi) is 8.18. The van der Waals surface area contributed by atoms with E-state index in [1.807, 2.05) is 0 Å². The van der Waals surface area contributed by atoms with Crippen molar-refractivity contribution in [2.24, 2.45) is 5.92 Å². The van der Waals surface area contributed by atoms with Crippen LogP contribution in [0.1, 0.15) is 18.7 Å². The summed E-state index contributed by atoms with van der Waals surface area (Å²) in [5, 5.41) is 22.9. The Hall–Kier alpha value is -3.05. The number of hydrogen-bond donors (Lipinski definition) is 7. The molecule has 2 aliphatic heterocycles. The molecule has 0 amide bonds. The van der Waals surface area contributed by atoms with Gasteiger partial charge in [-0.3, -0.25) is 32.4 Å². The number of phosphoric ester groups is 2. The van der Waals surface area contributed by atoms with Crippen molar-refractivity contribution in [2.75, 3.05) is 30.9 Å². The Bertz CT molecular complexity index is 2010. The number of imidazole rings is 2. The van der Waals surface area contributed by atoms with E-state index in [-0.39, 0.29) is 35.1 Å². The summed E-state index contributed by atoms with van der Waals surface area (Å²) < 4.78 is 56.4. The van der Waals surface area contributed by atoms with Crippen molar-refractivity contribution in [1.29, 1.82) is 0 Å². The molecular weight excluding hydrogens is 690 g/mol. The number of anilines is 2. The van der Waals surface area contributed by atoms with Crippen molar-refractivity contribution in [3.8, 4) is 0 Å². The third kappa shape index (κ3) is 5.85. The number of phosphoric acid groups is 2. The lowest BCUT2D eigenvalue weighted by Gasteiger charge is -2.26. The summed E-state index contributed by atoms with van der Waals surface area (Å²) in [6.45, 7) is -1.40. The molecule has 0 spiro atoms. The number of hydrogen-bond acceptors (Lipinski definition) is 18. The highest BCUT2D eigenvalue weighted by molar-refractivity contribution is 7.98. The lowest BCUT2D eigenvalue weighted by atomic mass is 10.1. The molecule has 7 rings (SSSR count). The molecule has 10 atom stereocenters. The lowest BCUT2D eigenvalue weighted by molar-refractivity contribution is -0.0552. The maximum Gasteiger partial charge on any atom is 0.472 e. The fraction of sp³-hybridized carbons (Fsp3) is 0.545. The van der Waals surface area contributed by atoms with Gasteiger partial charge in [0, 0.05) is 5.92 Å². The quantitative estimate of drug-likeness (QED) is 0.0762. The number of nitrogens with one attached hydrogen (secondary N) is 1. The lowest BCUT2D eigenvalue weighted by Crippen LogP contribution is -2.36. The molecule has 25 heteroatoms. The third-order valence-corrected chi connectivity index (χ3v) is 10.7. The Morgan fingerprint density at radius 1 is 0.936 bits per heavy atom. The minimum Gasteiger partial charge on any atom is -0.390 e. The Morgan fingerprint density at radius 3 is 2.34 bits per heavy atom. The molecular formula is C22H28N10O12P2S. The average Bonchev–Trinajstić information content (AvgIpc) is 3.75. The van der Waals surface area contributed by atoms with Crippen molar-refractivity contribution < 1.29 is 52.0 Å². The molecule has 3 fully saturated rings. The third-order valence-electron chi connectivity index (χ3n) is 8.10. The van der Waals surface area contributed by atoms with Crippen LogP contribution < -0.4 is 17.0 Å². The molecule has 4 aromatic heterocycles. The normalized spacial score (nSPS) is 36.6. The second-order valence-corrected chi connectivity index (χ2v) is 14.6. The van der Waals surface area contributed by atoms with Crippen molar-refractivity contribution in [1.82, 2.24) is 39.0 Å². The topological polar surface area (TPSA) is 320 Å². The smallest absolute Gasteiger partial charge is 0.390 e. The number of nitrogens with zero attached hydrogens (tertiary/aromatic N) is 7. The summed E-state index contributed by atoms with van der Waals surface area (Å²) in [6, 6.07) is -1.000. The van der Waals surface area contributed by atoms with Crippen LogP contribution in [0.4, 0.5) is 11.9 Å². The van der Waals surface area contributed by atoms with E-state index in [1.165, 1.54) is 33.6 Å². The Balaban J connectivity index is 1.21. The zero-order chi connectivity index (χ0) is 33.4. The van der Waals surface area contributed by atoms with Gasteiger partial charge in [-0.1, -0.05) is 0 Å². The van der Waals surface area contributed by atoms with Crippen LogP contribution >= 0.6 is 27.4 Å². The molecule has 2 saturated heterocycles. The first-order valence-electron chi connectivity index (χ1n) is 13.8. The highest BCUT2D eigenvalue weighted by Gasteiger charge is 2.53. The molecule has 6 heterocycles. The van der Waals surface area contributed by atoms with Gasteiger partial charge in [-0.25, -0.2) is 24.1 Å². The minimum atomic E-state index is -5.05. The van der Waals surface area contributed by atoms with Gasteiger partial charge < -0.3 is 40.8 Å². The van der Waals surface area contributed by atoms with E-state index in [0.29, 0.717) is 10.5 Å². The van der Waals surface area contributed by atoms with E-state index < -0.39 is 83.1 Å². The number of ether oxygens (including phenoxy) is 1. The Morgan fingerprint density at radius 2 is 1.60 bits per heavy atom. The highest BCUT2D eigenvalue weighted by Crippen LogP contribution is 2.55. The highest BCUT2D eigenvalue weighted by atomic mass is 32.2. The molecule has 1 aliphatic carbocycles. The molecule has 22 nitrogen and oxygen atoms in total. The van der Waals surface area contributed by atoms with E-state index in [2.05, 4.69) is 29.9 Å². The summed E-state index contributed by atoms with van der Waals surface area (Å²) in [7, 11) is -10.0. The summed E-state index contributed by atoms with van der Waals surface area (Å²) >= 11 is 1.25. The van der Waals surface area contributed by atoms with E-state index in [9.17, 15) is 33.9 Å². The van der Waals surface area contributed by atoms with Gasteiger partial charge in [0.05, 0.1) is 38.0 Å². The SMILES string of the molecule is CSc1nc(N)nc2c1ncn2[C@@H]1O[C@@H]2COP(=O)(O)O[C@H]3C(O)[C@@H](COP(=O)(O)OC2C1O)C[C@H]3n1cnc2c(=O)[nH]c(N)nc21. The number of aromatic nitrogens is 8. The number of rotatable bonds is 3. The molecule has 2 bridgehead atoms. The summed E-state index contributed by atoms with van der Waals surface area (Å²) in [5.74, 6) is -1.30. The van der Waals surface area contributed by atoms with Gasteiger partial charge in [0.2, 0.25) is 11.9 Å². The van der Waals surface area contributed by atoms with Crippen LogP contribution in [0.3, 0.4) is 0 Å². The standard InChI is InChI=1S/C22H28N10O12P2S/c1-47-19-11-17(28-22(24)30-19)32(6-26-11)20-13(34)15-9(42-20)4-41-46(38,39)43-14-8(2-7(12(14)33)3-40-45(36,37)44-15)31-5-25-10-16(31)27-21(23)29-18(10)35/h5-9,12-15,20,33-34H,2-4H2,1H3,(H,36,37)(H,38,39)(H2,24,28,30)(H3,23,27,29,35)/t7-,8-,9-,12?,13?,14-,15?,20-/m1/s1. The average molecular weight is 719 g/mol. The molecule has 9 N–H and O–H groups in total. The van der Waals surface area contributed by atoms with Crippen LogP contribution in [0.25, 0.3) is 22.3 Å². The molecule has 254 valence electrons. The predicted molar refractivity (Wildman–Crippen MR) is 158 cm³/mol. The number of nitrogens with two attached hydrogens (primary N) is 2. The van der Waals surface area contributed by atoms with E-state index in [4.69, 9.17) is 34.3 Å². The van der Waals surface area contributed by atoms with Crippen LogP contribution in [0.2, 0.25) is 0 Å². The molecule has 4 aromatic rings. The number of aliphatic hydroxyl groups excluding tert-OH is 2. The number of nitrogen functional groups attached to an aromatic ring is 2. The summed E-state index contributed by atoms with van der Waals surface area (Å²) in [4.78, 5) is 56.9. The largest absolute Gasteiger partial charge is 0.472 e. The van der Waals surface area contributed by atoms with Crippen molar-refractivity contribution in [3.05, 3.63) is 23.0 Å². The zero-order valence-electron chi connectivity index (χ0n) is 24.0. The van der Waals surface area contributed by atoms with Gasteiger partial charge in [0.25, 0.3) is 5.56 Å². The number of aromatic amines is 1. The first-order valence-corrected chi connectivity index (χ1v) is 18.1. The monoisotopic (exact) mass is 718 g/mol. The van der Waals surface area contributed by atoms with Crippen LogP contribution in [0, 0.1) is 5.92 Å². The summed E-state index contributed by atoms with van der Waals surface area (Å²) in [5.41, 5.74) is 11.3. The fourth-order valence-corrected chi connectivity index (χ4v) is 8.51. The van der Waals surface area contributed by atoms with E-state index >= 15 is 0 Å². The first kappa shape index (κ1) is 32.5. The maximum absolute atomic E-state index is 13.3. The fourth-order valence-electron chi connectivity index (χ4n) is 6.01. The van der Waals surface area contributed by atoms with Crippen LogP contribution in [-0.2, 0) is 32.0 Å². The Labute approximate surface area is 266 Å². The molecule has 1 saturated carbocycles. The van der Waals surface area contributed by atoms with Gasteiger partial charge in [0.15, 0.2) is 23.0 Å². The van der Waals surface area contributed by atoms with Gasteiger partial charge >= 0.3 is 15.6 Å². The van der Waals surface area contributed by atoms with Gasteiger partial charge in [-0.15, -0.1) is 11.8 Å². The second-order valence-electron chi connectivity index (χ2n) is 11.0. The zero-order valence-corrected chi connectivity index (χ0v) is 26.6. The number of thioether (sulfide) groups is 1. The maximum atomic E-state index is 13.3. The van der Waals surface area contributed by atoms with Crippen LogP contribution in [0.15, 0.2) is 22.5 Å². The molecule has 47 heavy (non-hydrogen) atoms. The van der Waals surface area contributed by atoms with E-state index in [1.54, 1.807) is 6.26 Å². The second kappa shape index (κ2) is 11.8. The van der Waals surface area contributed by atoms with Crippen LogP contribution in [-0.4, -0.2) is 109 Å². The first-order chi connectivity index (χ1) is 22.2. The van der Waals surface area contributed by atoms with E-state index in [0.717, 1.165) is 0 Å². The number of H-pyrrole nitrogens is 1. The summed E-state index contributed by atoms with van der Waals surface area (Å²) in [6.07, 6.45) is -4.99. The number of aliphatic hydroxyl groups is 2. The molecule has 0 aromatic carbocycles. The number of fused-ring (bicyclic) bond motifs is 5. The van der Waals surface area contributed by atoms with Crippen molar-refractivity contribution in [2.45, 2.75) is 54.2 Å². The molecule has 3 aliphatic rings. The minimum absolute atomic E-state index is 0.00415. The molecule has 0 radical (unpaired) electrons. The predicted octanol–water partition coefficient (Wildman–Crippen LogP) is -0.956. The van der Waals surface area contributed by atoms with Crippen LogP contribution in [0.5, 0.6) is 0 Å². The van der Waals surface area contributed by atoms with Gasteiger partial charge in [-0.05, 0) is 12.7 Å².